The molecule has 1 saturated heterocycles. The van der Waals surface area contributed by atoms with Crippen molar-refractivity contribution in [3.63, 3.8) is 0 Å². The number of aryl methyl sites for hydroxylation is 1. The molecule has 6 rings (SSSR count). The third-order valence-electron chi connectivity index (χ3n) is 12.3. The topological polar surface area (TPSA) is 313 Å². The zero-order valence-corrected chi connectivity index (χ0v) is 45.8. The van der Waals surface area contributed by atoms with Gasteiger partial charge in [-0.2, -0.15) is 0 Å². The number of piperidine rings is 1. The molecule has 0 radical (unpaired) electrons. The Morgan fingerprint density at radius 1 is 1.01 bits per heavy atom. The highest BCUT2D eigenvalue weighted by molar-refractivity contribution is 7.22. The molecule has 3 aromatic carbocycles. The number of urea groups is 1. The third-order valence-corrected chi connectivity index (χ3v) is 14.4. The Balaban J connectivity index is 0.988. The molecular formula is C55H63FN12O9S2. The van der Waals surface area contributed by atoms with Crippen LogP contribution in [0.5, 0.6) is 5.75 Å². The number of benzene rings is 3. The van der Waals surface area contributed by atoms with E-state index in [0.29, 0.717) is 80.9 Å². The van der Waals surface area contributed by atoms with E-state index < -0.39 is 47.8 Å². The van der Waals surface area contributed by atoms with Crippen LogP contribution >= 0.6 is 22.7 Å². The number of nitrogens with one attached hydrogen (secondary N) is 6. The van der Waals surface area contributed by atoms with Gasteiger partial charge in [0.2, 0.25) is 11.8 Å². The van der Waals surface area contributed by atoms with E-state index in [0.717, 1.165) is 10.2 Å². The van der Waals surface area contributed by atoms with Crippen LogP contribution in [0.15, 0.2) is 71.8 Å². The minimum Gasteiger partial charge on any atom is -0.491 e. The van der Waals surface area contributed by atoms with Crippen LogP contribution in [0.4, 0.5) is 29.9 Å². The lowest BCUT2D eigenvalue weighted by atomic mass is 9.98. The molecule has 11 N–H and O–H groups in total. The molecule has 1 aliphatic heterocycles. The number of amides is 5. The largest absolute Gasteiger partial charge is 0.491 e. The SMILES string of the molecule is C#CCOCc1cc(NC(=O)C(CCCNC(N)=O)NC(=O)C(N)C(C)C)ccc1COC(=O)N(C)CC#Cc1ccc(OCCCc2sc(N3CCC/C(=C(\C)C(=N)Nc4nc5ccccc5s4)C3=N)nc2C(=O)O)c(F)c1. The van der Waals surface area contributed by atoms with Crippen molar-refractivity contribution >= 4 is 90.4 Å². The summed E-state index contributed by atoms with van der Waals surface area (Å²) < 4.78 is 33.1. The molecule has 2 unspecified atom stereocenters. The van der Waals surface area contributed by atoms with Crippen LogP contribution in [0.2, 0.25) is 0 Å². The third kappa shape index (κ3) is 17.0. The second-order valence-electron chi connectivity index (χ2n) is 18.5. The van der Waals surface area contributed by atoms with E-state index >= 15 is 4.39 Å². The van der Waals surface area contributed by atoms with Gasteiger partial charge >= 0.3 is 18.1 Å². The molecule has 1 aliphatic rings. The molecule has 2 atom stereocenters. The number of thiazole rings is 2. The van der Waals surface area contributed by atoms with E-state index in [1.54, 1.807) is 49.9 Å². The number of fused-ring (bicyclic) bond motifs is 1. The number of carboxylic acid groups (broad SMARTS) is 1. The van der Waals surface area contributed by atoms with Gasteiger partial charge in [0.25, 0.3) is 0 Å². The Morgan fingerprint density at radius 3 is 2.52 bits per heavy atom. The maximum Gasteiger partial charge on any atom is 0.410 e. The van der Waals surface area contributed by atoms with E-state index in [4.69, 9.17) is 42.9 Å². The van der Waals surface area contributed by atoms with Crippen LogP contribution < -0.4 is 42.4 Å². The number of rotatable bonds is 24. The molecule has 3 heterocycles. The first-order chi connectivity index (χ1) is 37.8. The standard InChI is InChI=1S/C55H63FN12O9S2/c1-6-26-75-30-36-29-37(62-49(69)41(16-9-23-61-52(60)73)63-50(70)45(57)32(2)3)21-20-35(36)31-77-55(74)67(5)24-10-13-34-19-22-42(39(56)28-34)76-27-12-18-44-46(51(71)72)65-54(79-44)68-25-11-14-38(48(68)59)33(4)47(58)66-53-64-40-15-7-8-17-43(40)78-53/h1,7-8,15,17,19-22,28-29,32,41,45,59H,9,11-12,14,16,18,23-27,30-31,57H2,2-5H3,(H,62,69)(H,63,70)(H,71,72)(H2,58,64,66)(H3,60,61,73)/b38-33-,59-48?. The van der Waals surface area contributed by atoms with Crippen molar-refractivity contribution in [1.29, 1.82) is 10.8 Å². The number of para-hydroxylation sites is 1. The van der Waals surface area contributed by atoms with Crippen molar-refractivity contribution in [2.45, 2.75) is 84.6 Å². The number of nitrogens with zero attached hydrogens (tertiary/aromatic N) is 4. The Hall–Kier alpha value is -8.42. The van der Waals surface area contributed by atoms with Crippen molar-refractivity contribution < 1.29 is 47.7 Å². The van der Waals surface area contributed by atoms with Gasteiger partial charge in [-0.15, -0.1) is 17.8 Å². The molecule has 0 bridgehead atoms. The maximum atomic E-state index is 15.2. The number of aromatic carboxylic acids is 1. The zero-order chi connectivity index (χ0) is 57.2. The van der Waals surface area contributed by atoms with Gasteiger partial charge in [0.05, 0.1) is 36.0 Å². The monoisotopic (exact) mass is 1120 g/mol. The Kier molecular flexibility index (Phi) is 21.8. The van der Waals surface area contributed by atoms with Crippen LogP contribution in [0.1, 0.15) is 84.9 Å². The summed E-state index contributed by atoms with van der Waals surface area (Å²) in [5.41, 5.74) is 14.9. The fraction of sp³-hybridized carbons (Fsp3) is 0.364. The van der Waals surface area contributed by atoms with Gasteiger partial charge in [-0.1, -0.05) is 61.1 Å². The summed E-state index contributed by atoms with van der Waals surface area (Å²) in [6, 6.07) is 14.2. The average Bonchev–Trinajstić information content (AvgIpc) is 4.07. The van der Waals surface area contributed by atoms with Gasteiger partial charge in [-0.25, -0.2) is 28.7 Å². The first-order valence-electron chi connectivity index (χ1n) is 25.2. The molecule has 2 aromatic heterocycles. The summed E-state index contributed by atoms with van der Waals surface area (Å²) >= 11 is 2.60. The number of halogens is 1. The van der Waals surface area contributed by atoms with Gasteiger partial charge in [0.15, 0.2) is 27.5 Å². The number of hydrogen-bond acceptors (Lipinski definition) is 15. The predicted molar refractivity (Wildman–Crippen MR) is 302 cm³/mol. The number of carbonyl (C=O) groups excluding carboxylic acids is 4. The molecule has 1 fully saturated rings. The molecule has 21 nitrogen and oxygen atoms in total. The van der Waals surface area contributed by atoms with Crippen molar-refractivity contribution in [1.82, 2.24) is 25.5 Å². The van der Waals surface area contributed by atoms with Gasteiger partial charge < -0.3 is 61.9 Å². The summed E-state index contributed by atoms with van der Waals surface area (Å²) in [6.45, 7) is 5.79. The number of terminal acetylenes is 1. The van der Waals surface area contributed by atoms with Crippen molar-refractivity contribution in [3.8, 4) is 29.9 Å². The molecule has 79 heavy (non-hydrogen) atoms. The molecule has 5 aromatic rings. The van der Waals surface area contributed by atoms with Crippen LogP contribution in [0, 0.1) is 46.7 Å². The first kappa shape index (κ1) is 59.8. The molecule has 0 spiro atoms. The van der Waals surface area contributed by atoms with Crippen LogP contribution in [0.3, 0.4) is 0 Å². The predicted octanol–water partition coefficient (Wildman–Crippen LogP) is 7.21. The molecule has 24 heteroatoms. The highest BCUT2D eigenvalue weighted by Crippen LogP contribution is 2.34. The fourth-order valence-electron chi connectivity index (χ4n) is 7.90. The van der Waals surface area contributed by atoms with Crippen LogP contribution in [0.25, 0.3) is 10.2 Å². The summed E-state index contributed by atoms with van der Waals surface area (Å²) in [5, 5.41) is 39.8. The second kappa shape index (κ2) is 28.8. The Morgan fingerprint density at radius 2 is 1.80 bits per heavy atom. The van der Waals surface area contributed by atoms with E-state index in [1.807, 2.05) is 24.3 Å². The lowest BCUT2D eigenvalue weighted by Gasteiger charge is -2.30. The van der Waals surface area contributed by atoms with E-state index in [-0.39, 0.29) is 81.4 Å². The average molecular weight is 1120 g/mol. The highest BCUT2D eigenvalue weighted by Gasteiger charge is 2.30. The number of anilines is 3. The molecular weight excluding hydrogens is 1060 g/mol. The molecule has 5 amide bonds. The summed E-state index contributed by atoms with van der Waals surface area (Å²) in [6.07, 6.45) is 7.02. The van der Waals surface area contributed by atoms with E-state index in [2.05, 4.69) is 49.0 Å². The minimum absolute atomic E-state index is 0.0112. The summed E-state index contributed by atoms with van der Waals surface area (Å²) in [5.74, 6) is 5.19. The highest BCUT2D eigenvalue weighted by atomic mass is 32.1. The second-order valence-corrected chi connectivity index (χ2v) is 20.6. The number of carboxylic acids is 1. The summed E-state index contributed by atoms with van der Waals surface area (Å²) in [4.78, 5) is 75.1. The normalized spacial score (nSPS) is 13.5. The first-order valence-corrected chi connectivity index (χ1v) is 26.8. The summed E-state index contributed by atoms with van der Waals surface area (Å²) in [7, 11) is 1.48. The molecule has 0 aliphatic carbocycles. The van der Waals surface area contributed by atoms with E-state index in [9.17, 15) is 29.1 Å². The molecule has 416 valence electrons. The minimum atomic E-state index is -1.21. The van der Waals surface area contributed by atoms with Gasteiger partial charge in [0, 0.05) is 41.8 Å². The van der Waals surface area contributed by atoms with E-state index in [1.165, 1.54) is 46.8 Å². The fourth-order valence-corrected chi connectivity index (χ4v) is 9.90. The number of aromatic nitrogens is 2. The number of hydrogen-bond donors (Lipinski definition) is 9. The number of nitrogens with two attached hydrogens (primary N) is 2. The van der Waals surface area contributed by atoms with Crippen molar-refractivity contribution in [2.24, 2.45) is 17.4 Å². The molecule has 0 saturated carbocycles. The van der Waals surface area contributed by atoms with Gasteiger partial charge in [-0.3, -0.25) is 20.4 Å². The number of primary amides is 1. The number of amidine groups is 2. The Bertz CT molecular complexity index is 3180. The van der Waals surface area contributed by atoms with Gasteiger partial charge in [0.1, 0.15) is 30.9 Å². The van der Waals surface area contributed by atoms with Crippen molar-refractivity contribution in [2.75, 3.05) is 55.4 Å². The Labute approximate surface area is 464 Å². The van der Waals surface area contributed by atoms with Crippen LogP contribution in [-0.4, -0.2) is 114 Å². The van der Waals surface area contributed by atoms with Gasteiger partial charge in [-0.05, 0) is 111 Å². The van der Waals surface area contributed by atoms with Crippen LogP contribution in [-0.2, 0) is 38.7 Å². The lowest BCUT2D eigenvalue weighted by molar-refractivity contribution is -0.128. The number of ether oxygens (including phenoxy) is 3. The smallest absolute Gasteiger partial charge is 0.410 e. The maximum absolute atomic E-state index is 15.2. The number of carbonyl (C=O) groups is 5. The lowest BCUT2D eigenvalue weighted by Crippen LogP contribution is -2.51. The zero-order valence-electron chi connectivity index (χ0n) is 44.1. The quantitative estimate of drug-likeness (QED) is 0.0128. The van der Waals surface area contributed by atoms with Crippen molar-refractivity contribution in [3.05, 3.63) is 105 Å².